The molecule has 0 bridgehead atoms. The molecule has 35 heavy (non-hydrogen) atoms. The lowest BCUT2D eigenvalue weighted by atomic mass is 10.0. The van der Waals surface area contributed by atoms with E-state index in [2.05, 4.69) is 75.2 Å². The lowest BCUT2D eigenvalue weighted by Gasteiger charge is -2.10. The molecule has 0 amide bonds. The van der Waals surface area contributed by atoms with Crippen molar-refractivity contribution in [2.45, 2.75) is 0 Å². The van der Waals surface area contributed by atoms with Gasteiger partial charge in [0.25, 0.3) is 0 Å². The molecule has 0 N–H and O–H groups in total. The van der Waals surface area contributed by atoms with Crippen LogP contribution in [0.1, 0.15) is 11.1 Å². The number of aromatic nitrogens is 3. The van der Waals surface area contributed by atoms with Gasteiger partial charge in [-0.15, -0.1) is 0 Å². The first-order valence-electron chi connectivity index (χ1n) is 11.1. The number of benzene rings is 3. The molecule has 0 aliphatic rings. The van der Waals surface area contributed by atoms with Gasteiger partial charge in [-0.3, -0.25) is 9.97 Å². The minimum atomic E-state index is 0.532. The Balaban J connectivity index is 1.64. The largest absolute Gasteiger partial charge is 0.309 e. The first-order valence-corrected chi connectivity index (χ1v) is 11.1. The van der Waals surface area contributed by atoms with Crippen molar-refractivity contribution in [3.8, 4) is 40.1 Å². The highest BCUT2D eigenvalue weighted by molar-refractivity contribution is 6.11. The molecule has 3 heterocycles. The molecule has 3 aromatic carbocycles. The SMILES string of the molecule is N#Cc1cncc(-c2ccc3c4ccc(-c5cncc(C#N)c5)cc4n(-c4ccccc4)c3c2)c1. The van der Waals surface area contributed by atoms with Gasteiger partial charge in [-0.1, -0.05) is 42.5 Å². The molecule has 5 nitrogen and oxygen atoms in total. The fourth-order valence-electron chi connectivity index (χ4n) is 4.55. The lowest BCUT2D eigenvalue weighted by Crippen LogP contribution is -1.94. The summed E-state index contributed by atoms with van der Waals surface area (Å²) in [7, 11) is 0. The number of rotatable bonds is 3. The van der Waals surface area contributed by atoms with Crippen LogP contribution in [0.3, 0.4) is 0 Å². The standard InChI is InChI=1S/C30H17N5/c31-14-20-10-24(18-33-16-20)22-6-8-27-28-9-7-23(25-11-21(15-32)17-34-19-25)13-30(28)35(29(27)12-22)26-4-2-1-3-5-26/h1-13,16-19H. The van der Waals surface area contributed by atoms with Gasteiger partial charge in [0.05, 0.1) is 22.2 Å². The summed E-state index contributed by atoms with van der Waals surface area (Å²) in [6.07, 6.45) is 6.71. The molecule has 0 saturated carbocycles. The van der Waals surface area contributed by atoms with Crippen LogP contribution >= 0.6 is 0 Å². The van der Waals surface area contributed by atoms with Crippen molar-refractivity contribution in [2.24, 2.45) is 0 Å². The molecule has 0 fully saturated rings. The maximum atomic E-state index is 9.31. The van der Waals surface area contributed by atoms with Gasteiger partial charge < -0.3 is 4.57 Å². The molecule has 5 heteroatoms. The number of hydrogen-bond acceptors (Lipinski definition) is 4. The Bertz CT molecular complexity index is 1700. The Kier molecular flexibility index (Phi) is 4.80. The smallest absolute Gasteiger partial charge is 0.101 e. The number of nitriles is 2. The van der Waals surface area contributed by atoms with Gasteiger partial charge in [0.1, 0.15) is 12.1 Å². The van der Waals surface area contributed by atoms with E-state index in [0.29, 0.717) is 11.1 Å². The Morgan fingerprint density at radius 3 is 1.54 bits per heavy atom. The van der Waals surface area contributed by atoms with Gasteiger partial charge in [-0.25, -0.2) is 0 Å². The topological polar surface area (TPSA) is 78.3 Å². The second-order valence-electron chi connectivity index (χ2n) is 8.28. The zero-order valence-corrected chi connectivity index (χ0v) is 18.6. The highest BCUT2D eigenvalue weighted by atomic mass is 15.0. The summed E-state index contributed by atoms with van der Waals surface area (Å²) in [6, 6.07) is 31.0. The third-order valence-electron chi connectivity index (χ3n) is 6.18. The maximum absolute atomic E-state index is 9.31. The van der Waals surface area contributed by atoms with E-state index in [4.69, 9.17) is 0 Å². The quantitative estimate of drug-likeness (QED) is 0.304. The average Bonchev–Trinajstić information content (AvgIpc) is 3.26. The Labute approximate surface area is 201 Å². The third-order valence-corrected chi connectivity index (χ3v) is 6.18. The van der Waals surface area contributed by atoms with E-state index in [-0.39, 0.29) is 0 Å². The minimum Gasteiger partial charge on any atom is -0.309 e. The Hall–Kier alpha value is -5.26. The number of nitrogens with zero attached hydrogens (tertiary/aromatic N) is 5. The number of hydrogen-bond donors (Lipinski definition) is 0. The van der Waals surface area contributed by atoms with Crippen molar-refractivity contribution in [1.82, 2.24) is 14.5 Å². The van der Waals surface area contributed by atoms with Gasteiger partial charge in [-0.2, -0.15) is 10.5 Å². The van der Waals surface area contributed by atoms with Gasteiger partial charge in [0, 0.05) is 52.4 Å². The van der Waals surface area contributed by atoms with Crippen LogP contribution in [0.5, 0.6) is 0 Å². The van der Waals surface area contributed by atoms with Gasteiger partial charge in [-0.05, 0) is 47.5 Å². The van der Waals surface area contributed by atoms with E-state index in [0.717, 1.165) is 49.7 Å². The van der Waals surface area contributed by atoms with Gasteiger partial charge in [0.15, 0.2) is 0 Å². The highest BCUT2D eigenvalue weighted by Gasteiger charge is 2.15. The van der Waals surface area contributed by atoms with E-state index in [1.54, 1.807) is 24.8 Å². The number of para-hydroxylation sites is 1. The summed E-state index contributed by atoms with van der Waals surface area (Å²) in [5, 5.41) is 20.9. The fourth-order valence-corrected chi connectivity index (χ4v) is 4.55. The molecule has 0 unspecified atom stereocenters. The zero-order valence-electron chi connectivity index (χ0n) is 18.6. The van der Waals surface area contributed by atoms with E-state index in [9.17, 15) is 10.5 Å². The predicted octanol–water partition coefficient (Wildman–Crippen LogP) is 6.65. The molecule has 3 aromatic heterocycles. The van der Waals surface area contributed by atoms with Gasteiger partial charge >= 0.3 is 0 Å². The second kappa shape index (κ2) is 8.26. The van der Waals surface area contributed by atoms with Crippen molar-refractivity contribution in [3.05, 3.63) is 115 Å². The summed E-state index contributed by atoms with van der Waals surface area (Å²) >= 11 is 0. The molecule has 162 valence electrons. The summed E-state index contributed by atoms with van der Waals surface area (Å²) in [5.41, 5.74) is 8.02. The van der Waals surface area contributed by atoms with Gasteiger partial charge in [0.2, 0.25) is 0 Å². The van der Waals surface area contributed by atoms with E-state index in [1.165, 1.54) is 0 Å². The van der Waals surface area contributed by atoms with Crippen molar-refractivity contribution >= 4 is 21.8 Å². The first-order chi connectivity index (χ1) is 17.2. The maximum Gasteiger partial charge on any atom is 0.101 e. The number of pyridine rings is 2. The minimum absolute atomic E-state index is 0.532. The second-order valence-corrected chi connectivity index (χ2v) is 8.28. The van der Waals surface area contributed by atoms with Crippen molar-refractivity contribution in [2.75, 3.05) is 0 Å². The van der Waals surface area contributed by atoms with E-state index >= 15 is 0 Å². The molecule has 6 aromatic rings. The lowest BCUT2D eigenvalue weighted by molar-refractivity contribution is 1.18. The van der Waals surface area contributed by atoms with Crippen LogP contribution in [-0.4, -0.2) is 14.5 Å². The molecule has 0 spiro atoms. The first kappa shape index (κ1) is 20.4. The molecule has 0 aliphatic heterocycles. The molecular weight excluding hydrogens is 430 g/mol. The van der Waals surface area contributed by atoms with Crippen LogP contribution in [0, 0.1) is 22.7 Å². The average molecular weight is 448 g/mol. The van der Waals surface area contributed by atoms with E-state index in [1.807, 2.05) is 30.3 Å². The normalized spacial score (nSPS) is 10.8. The van der Waals surface area contributed by atoms with Crippen molar-refractivity contribution in [3.63, 3.8) is 0 Å². The van der Waals surface area contributed by atoms with Crippen molar-refractivity contribution in [1.29, 1.82) is 10.5 Å². The van der Waals surface area contributed by atoms with Crippen LogP contribution in [0.2, 0.25) is 0 Å². The van der Waals surface area contributed by atoms with Crippen LogP contribution < -0.4 is 0 Å². The Morgan fingerprint density at radius 1 is 0.543 bits per heavy atom. The summed E-state index contributed by atoms with van der Waals surface area (Å²) in [4.78, 5) is 8.47. The molecule has 0 radical (unpaired) electrons. The summed E-state index contributed by atoms with van der Waals surface area (Å²) < 4.78 is 2.25. The zero-order chi connectivity index (χ0) is 23.8. The molecule has 0 aliphatic carbocycles. The summed E-state index contributed by atoms with van der Waals surface area (Å²) in [5.74, 6) is 0. The third kappa shape index (κ3) is 3.49. The highest BCUT2D eigenvalue weighted by Crippen LogP contribution is 2.36. The molecule has 0 atom stereocenters. The monoisotopic (exact) mass is 447 g/mol. The number of fused-ring (bicyclic) bond motifs is 3. The Morgan fingerprint density at radius 2 is 1.06 bits per heavy atom. The van der Waals surface area contributed by atoms with Crippen LogP contribution in [0.15, 0.2) is 104 Å². The van der Waals surface area contributed by atoms with E-state index < -0.39 is 0 Å². The van der Waals surface area contributed by atoms with Crippen LogP contribution in [0.4, 0.5) is 0 Å². The molecule has 6 rings (SSSR count). The summed E-state index contributed by atoms with van der Waals surface area (Å²) in [6.45, 7) is 0. The predicted molar refractivity (Wildman–Crippen MR) is 137 cm³/mol. The fraction of sp³-hybridized carbons (Fsp3) is 0. The van der Waals surface area contributed by atoms with Crippen LogP contribution in [0.25, 0.3) is 49.7 Å². The molecule has 0 saturated heterocycles. The van der Waals surface area contributed by atoms with Crippen molar-refractivity contribution < 1.29 is 0 Å². The van der Waals surface area contributed by atoms with Crippen LogP contribution in [-0.2, 0) is 0 Å². The molecular formula is C30H17N5.